The van der Waals surface area contributed by atoms with Crippen LogP contribution in [-0.4, -0.2) is 63.4 Å². The highest BCUT2D eigenvalue weighted by Crippen LogP contribution is 2.22. The molecule has 21 heavy (non-hydrogen) atoms. The maximum absolute atomic E-state index is 12.2. The minimum Gasteiger partial charge on any atom is -0.481 e. The average molecular weight is 302 g/mol. The van der Waals surface area contributed by atoms with Gasteiger partial charge in [0.15, 0.2) is 0 Å². The summed E-state index contributed by atoms with van der Waals surface area (Å²) >= 11 is 0. The third-order valence-corrected chi connectivity index (χ3v) is 3.59. The van der Waals surface area contributed by atoms with Gasteiger partial charge >= 0.3 is 18.0 Å². The molecule has 1 fully saturated rings. The van der Waals surface area contributed by atoms with Crippen LogP contribution >= 0.6 is 0 Å². The molecule has 0 aromatic carbocycles. The topological polar surface area (TPSA) is 127 Å². The molecule has 0 unspecified atom stereocenters. The molecule has 0 bridgehead atoms. The molecular weight excluding hydrogens is 280 g/mol. The molecule has 0 aliphatic heterocycles. The van der Waals surface area contributed by atoms with Crippen molar-refractivity contribution in [3.05, 3.63) is 0 Å². The van der Waals surface area contributed by atoms with Gasteiger partial charge in [0.1, 0.15) is 6.04 Å². The van der Waals surface area contributed by atoms with Gasteiger partial charge in [0.05, 0.1) is 13.0 Å². The van der Waals surface area contributed by atoms with Gasteiger partial charge in [0.2, 0.25) is 0 Å². The number of carbonyl (C=O) groups excluding carboxylic acids is 1. The summed E-state index contributed by atoms with van der Waals surface area (Å²) in [6, 6.07) is -2.14. The molecule has 1 aliphatic carbocycles. The summed E-state index contributed by atoms with van der Waals surface area (Å²) in [5, 5.41) is 28.9. The first kappa shape index (κ1) is 17.2. The van der Waals surface area contributed by atoms with Crippen LogP contribution in [0.5, 0.6) is 0 Å². The van der Waals surface area contributed by atoms with E-state index in [1.54, 1.807) is 0 Å². The van der Waals surface area contributed by atoms with E-state index in [-0.39, 0.29) is 19.2 Å². The number of aliphatic hydroxyl groups is 1. The SMILES string of the molecule is O=C(O)C[C@@H](NC(=O)N(CCO)C1CCCCC1)C(=O)O. The molecule has 1 saturated carbocycles. The van der Waals surface area contributed by atoms with Crippen molar-refractivity contribution in [3.8, 4) is 0 Å². The first-order valence-corrected chi connectivity index (χ1v) is 7.08. The average Bonchev–Trinajstić information content (AvgIpc) is 2.44. The van der Waals surface area contributed by atoms with E-state index in [1.165, 1.54) is 4.90 Å². The third kappa shape index (κ3) is 5.58. The summed E-state index contributed by atoms with van der Waals surface area (Å²) in [7, 11) is 0. The van der Waals surface area contributed by atoms with Gasteiger partial charge in [-0.2, -0.15) is 0 Å². The number of rotatable bonds is 7. The van der Waals surface area contributed by atoms with Crippen LogP contribution in [0.2, 0.25) is 0 Å². The lowest BCUT2D eigenvalue weighted by atomic mass is 9.94. The third-order valence-electron chi connectivity index (χ3n) is 3.59. The van der Waals surface area contributed by atoms with E-state index < -0.39 is 30.4 Å². The Morgan fingerprint density at radius 3 is 2.24 bits per heavy atom. The van der Waals surface area contributed by atoms with Gasteiger partial charge < -0.3 is 25.5 Å². The van der Waals surface area contributed by atoms with Crippen molar-refractivity contribution in [1.82, 2.24) is 10.2 Å². The molecule has 1 aliphatic rings. The standard InChI is InChI=1S/C13H22N2O6/c16-7-6-15(9-4-2-1-3-5-9)13(21)14-10(12(19)20)8-11(17)18/h9-10,16H,1-8H2,(H,14,21)(H,17,18)(H,19,20)/t10-/m1/s1. The van der Waals surface area contributed by atoms with E-state index in [1.807, 2.05) is 0 Å². The number of hydrogen-bond donors (Lipinski definition) is 4. The number of urea groups is 1. The highest BCUT2D eigenvalue weighted by molar-refractivity contribution is 5.86. The minimum absolute atomic E-state index is 0.0369. The van der Waals surface area contributed by atoms with Gasteiger partial charge in [-0.05, 0) is 12.8 Å². The van der Waals surface area contributed by atoms with Crippen molar-refractivity contribution in [2.45, 2.75) is 50.6 Å². The van der Waals surface area contributed by atoms with E-state index in [4.69, 9.17) is 15.3 Å². The Bertz CT molecular complexity index is 381. The largest absolute Gasteiger partial charge is 0.481 e. The van der Waals surface area contributed by atoms with Crippen molar-refractivity contribution in [3.63, 3.8) is 0 Å². The fourth-order valence-electron chi connectivity index (χ4n) is 2.56. The summed E-state index contributed by atoms with van der Waals surface area (Å²) in [5.74, 6) is -2.69. The maximum atomic E-state index is 12.2. The Kier molecular flexibility index (Phi) is 6.93. The van der Waals surface area contributed by atoms with E-state index in [9.17, 15) is 14.4 Å². The first-order valence-electron chi connectivity index (χ1n) is 7.08. The smallest absolute Gasteiger partial charge is 0.326 e. The summed E-state index contributed by atoms with van der Waals surface area (Å²) in [5.41, 5.74) is 0. The molecular formula is C13H22N2O6. The predicted octanol–water partition coefficient (Wildman–Crippen LogP) is 0.251. The van der Waals surface area contributed by atoms with Crippen molar-refractivity contribution >= 4 is 18.0 Å². The van der Waals surface area contributed by atoms with Crippen LogP contribution < -0.4 is 5.32 Å². The summed E-state index contributed by atoms with van der Waals surface area (Å²) in [6.45, 7) is -0.115. The maximum Gasteiger partial charge on any atom is 0.326 e. The Morgan fingerprint density at radius 1 is 1.14 bits per heavy atom. The van der Waals surface area contributed by atoms with Crippen molar-refractivity contribution in [2.24, 2.45) is 0 Å². The number of amides is 2. The van der Waals surface area contributed by atoms with Crippen molar-refractivity contribution in [1.29, 1.82) is 0 Å². The van der Waals surface area contributed by atoms with Crippen LogP contribution in [-0.2, 0) is 9.59 Å². The van der Waals surface area contributed by atoms with Crippen molar-refractivity contribution < 1.29 is 29.7 Å². The van der Waals surface area contributed by atoms with Gasteiger partial charge in [-0.25, -0.2) is 9.59 Å². The van der Waals surface area contributed by atoms with E-state index in [2.05, 4.69) is 5.32 Å². The number of nitrogens with zero attached hydrogens (tertiary/aromatic N) is 1. The van der Waals surface area contributed by atoms with E-state index >= 15 is 0 Å². The highest BCUT2D eigenvalue weighted by atomic mass is 16.4. The van der Waals surface area contributed by atoms with Gasteiger partial charge in [-0.15, -0.1) is 0 Å². The fourth-order valence-corrected chi connectivity index (χ4v) is 2.56. The molecule has 0 radical (unpaired) electrons. The molecule has 0 saturated heterocycles. The van der Waals surface area contributed by atoms with Crippen LogP contribution in [0, 0.1) is 0 Å². The summed E-state index contributed by atoms with van der Waals surface area (Å²) in [4.78, 5) is 35.2. The Labute approximate surface area is 122 Å². The quantitative estimate of drug-likeness (QED) is 0.534. The molecule has 4 N–H and O–H groups in total. The molecule has 0 aromatic heterocycles. The number of nitrogens with one attached hydrogen (secondary N) is 1. The number of carboxylic acid groups (broad SMARTS) is 2. The second kappa shape index (κ2) is 8.46. The zero-order valence-corrected chi connectivity index (χ0v) is 11.8. The van der Waals surface area contributed by atoms with Crippen LogP contribution in [0.3, 0.4) is 0 Å². The number of carboxylic acids is 2. The van der Waals surface area contributed by atoms with Crippen molar-refractivity contribution in [2.75, 3.05) is 13.2 Å². The minimum atomic E-state index is -1.47. The van der Waals surface area contributed by atoms with Gasteiger partial charge in [0.25, 0.3) is 0 Å². The highest BCUT2D eigenvalue weighted by Gasteiger charge is 2.29. The van der Waals surface area contributed by atoms with Crippen LogP contribution in [0.25, 0.3) is 0 Å². The second-order valence-corrected chi connectivity index (χ2v) is 5.15. The normalized spacial score (nSPS) is 17.0. The van der Waals surface area contributed by atoms with Gasteiger partial charge in [-0.3, -0.25) is 4.79 Å². The van der Waals surface area contributed by atoms with Crippen LogP contribution in [0.15, 0.2) is 0 Å². The van der Waals surface area contributed by atoms with Crippen LogP contribution in [0.1, 0.15) is 38.5 Å². The van der Waals surface area contributed by atoms with Crippen LogP contribution in [0.4, 0.5) is 4.79 Å². The molecule has 8 nitrogen and oxygen atoms in total. The molecule has 0 spiro atoms. The molecule has 0 aromatic rings. The summed E-state index contributed by atoms with van der Waals surface area (Å²) < 4.78 is 0. The number of aliphatic carboxylic acids is 2. The van der Waals surface area contributed by atoms with E-state index in [0.29, 0.717) is 0 Å². The van der Waals surface area contributed by atoms with E-state index in [0.717, 1.165) is 32.1 Å². The lowest BCUT2D eigenvalue weighted by Crippen LogP contribution is -2.53. The zero-order chi connectivity index (χ0) is 15.8. The molecule has 2 amide bonds. The second-order valence-electron chi connectivity index (χ2n) is 5.15. The molecule has 1 rings (SSSR count). The number of carbonyl (C=O) groups is 3. The van der Waals surface area contributed by atoms with Gasteiger partial charge in [-0.1, -0.05) is 19.3 Å². The lowest BCUT2D eigenvalue weighted by Gasteiger charge is -2.34. The molecule has 0 heterocycles. The summed E-state index contributed by atoms with van der Waals surface area (Å²) in [6.07, 6.45) is 4.00. The first-order chi connectivity index (χ1) is 9.95. The Balaban J connectivity index is 2.69. The Morgan fingerprint density at radius 2 is 1.76 bits per heavy atom. The number of aliphatic hydroxyl groups excluding tert-OH is 1. The van der Waals surface area contributed by atoms with Gasteiger partial charge in [0, 0.05) is 12.6 Å². The lowest BCUT2D eigenvalue weighted by molar-refractivity contribution is -0.145. The Hall–Kier alpha value is -1.83. The monoisotopic (exact) mass is 302 g/mol. The molecule has 120 valence electrons. The zero-order valence-electron chi connectivity index (χ0n) is 11.8. The fraction of sp³-hybridized carbons (Fsp3) is 0.769. The number of hydrogen-bond acceptors (Lipinski definition) is 4. The molecule has 8 heteroatoms. The molecule has 1 atom stereocenters. The predicted molar refractivity (Wildman–Crippen MR) is 72.9 cm³/mol.